The largest absolute Gasteiger partial charge is 0.338 e. The van der Waals surface area contributed by atoms with Crippen LogP contribution in [0.15, 0.2) is 79.1 Å². The molecule has 0 unspecified atom stereocenters. The summed E-state index contributed by atoms with van der Waals surface area (Å²) in [5, 5.41) is 9.16. The van der Waals surface area contributed by atoms with Gasteiger partial charge in [-0.2, -0.15) is 5.26 Å². The summed E-state index contributed by atoms with van der Waals surface area (Å²) in [5.74, 6) is 0.263. The van der Waals surface area contributed by atoms with Crippen LogP contribution in [0.25, 0.3) is 0 Å². The maximum atomic E-state index is 13.3. The lowest BCUT2D eigenvalue weighted by Gasteiger charge is -2.30. The van der Waals surface area contributed by atoms with E-state index in [0.717, 1.165) is 5.56 Å². The number of carbonyl (C=O) groups is 2. The average molecular weight is 422 g/mol. The number of rotatable bonds is 3. The van der Waals surface area contributed by atoms with Gasteiger partial charge in [0.2, 0.25) is 0 Å². The zero-order chi connectivity index (χ0) is 22.1. The molecule has 2 aromatic carbocycles. The molecule has 3 aromatic rings. The topological polar surface area (TPSA) is 77.3 Å². The van der Waals surface area contributed by atoms with Crippen LogP contribution in [0, 0.1) is 23.2 Å². The molecule has 0 aliphatic carbocycles. The number of aromatic nitrogens is 1. The Kier molecular flexibility index (Phi) is 5.16. The van der Waals surface area contributed by atoms with Gasteiger partial charge in [0.1, 0.15) is 0 Å². The Morgan fingerprint density at radius 1 is 0.906 bits per heavy atom. The number of likely N-dealkylation sites (tertiary alicyclic amines) is 2. The monoisotopic (exact) mass is 422 g/mol. The summed E-state index contributed by atoms with van der Waals surface area (Å²) >= 11 is 0. The fraction of sp³-hybridized carbons (Fsp3) is 0.231. The summed E-state index contributed by atoms with van der Waals surface area (Å²) in [7, 11) is 0. The predicted molar refractivity (Wildman–Crippen MR) is 118 cm³/mol. The molecule has 5 rings (SSSR count). The highest BCUT2D eigenvalue weighted by molar-refractivity contribution is 5.95. The number of hydrogen-bond donors (Lipinski definition) is 0. The van der Waals surface area contributed by atoms with Gasteiger partial charge in [0.05, 0.1) is 23.2 Å². The van der Waals surface area contributed by atoms with Gasteiger partial charge >= 0.3 is 0 Å². The van der Waals surface area contributed by atoms with Crippen molar-refractivity contribution in [3.8, 4) is 6.07 Å². The molecule has 2 aliphatic heterocycles. The van der Waals surface area contributed by atoms with Crippen LogP contribution in [0.2, 0.25) is 0 Å². The van der Waals surface area contributed by atoms with Crippen molar-refractivity contribution >= 4 is 11.8 Å². The first-order valence-electron chi connectivity index (χ1n) is 10.7. The Morgan fingerprint density at radius 3 is 2.47 bits per heavy atom. The van der Waals surface area contributed by atoms with Crippen molar-refractivity contribution in [1.29, 1.82) is 5.26 Å². The van der Waals surface area contributed by atoms with Gasteiger partial charge in [0, 0.05) is 49.4 Å². The Labute approximate surface area is 186 Å². The summed E-state index contributed by atoms with van der Waals surface area (Å²) in [6, 6.07) is 22.4. The molecule has 0 spiro atoms. The highest BCUT2D eigenvalue weighted by Gasteiger charge is 2.50. The number of amides is 2. The molecule has 158 valence electrons. The molecule has 3 atom stereocenters. The zero-order valence-corrected chi connectivity index (χ0v) is 17.5. The number of hydrogen-bond acceptors (Lipinski definition) is 4. The molecule has 6 heteroatoms. The zero-order valence-electron chi connectivity index (χ0n) is 17.5. The van der Waals surface area contributed by atoms with E-state index in [1.54, 1.807) is 48.8 Å². The molecule has 0 N–H and O–H groups in total. The van der Waals surface area contributed by atoms with E-state index in [9.17, 15) is 9.59 Å². The smallest absolute Gasteiger partial charge is 0.255 e. The number of carbonyl (C=O) groups excluding carboxylic acids is 2. The first-order valence-corrected chi connectivity index (χ1v) is 10.7. The van der Waals surface area contributed by atoms with Crippen molar-refractivity contribution in [3.63, 3.8) is 0 Å². The van der Waals surface area contributed by atoms with Crippen LogP contribution in [0.3, 0.4) is 0 Å². The average Bonchev–Trinajstić information content (AvgIpc) is 3.42. The second-order valence-corrected chi connectivity index (χ2v) is 8.38. The Morgan fingerprint density at radius 2 is 1.72 bits per heavy atom. The molecule has 2 saturated heterocycles. The van der Waals surface area contributed by atoms with Crippen molar-refractivity contribution in [3.05, 3.63) is 101 Å². The molecule has 1 aromatic heterocycles. The number of pyridine rings is 1. The van der Waals surface area contributed by atoms with E-state index in [4.69, 9.17) is 5.26 Å². The standard InChI is InChI=1S/C26H22N4O2/c27-13-18-6-4-9-20(12-18)25(31)29-15-22-16-30(26(32)21-10-5-11-28-14-21)24(23(22)17-29)19-7-2-1-3-8-19/h1-12,14,22-24H,15-17H2/t22-,23-,24+/m0/s1. The van der Waals surface area contributed by atoms with Crippen molar-refractivity contribution in [2.75, 3.05) is 19.6 Å². The Hall–Kier alpha value is -3.98. The van der Waals surface area contributed by atoms with Crippen LogP contribution in [-0.4, -0.2) is 46.2 Å². The number of nitrogens with zero attached hydrogens (tertiary/aromatic N) is 4. The van der Waals surface area contributed by atoms with E-state index in [2.05, 4.69) is 23.2 Å². The fourth-order valence-electron chi connectivity index (χ4n) is 5.06. The van der Waals surface area contributed by atoms with Crippen molar-refractivity contribution in [2.24, 2.45) is 11.8 Å². The highest BCUT2D eigenvalue weighted by atomic mass is 16.2. The lowest BCUT2D eigenvalue weighted by molar-refractivity contribution is 0.0676. The first kappa shape index (κ1) is 20.0. The van der Waals surface area contributed by atoms with E-state index in [1.165, 1.54) is 0 Å². The van der Waals surface area contributed by atoms with Gasteiger partial charge in [-0.1, -0.05) is 36.4 Å². The highest BCUT2D eigenvalue weighted by Crippen LogP contribution is 2.45. The maximum Gasteiger partial charge on any atom is 0.255 e. The Balaban J connectivity index is 1.43. The summed E-state index contributed by atoms with van der Waals surface area (Å²) in [6.45, 7) is 1.77. The van der Waals surface area contributed by atoms with E-state index < -0.39 is 0 Å². The van der Waals surface area contributed by atoms with Gasteiger partial charge in [-0.15, -0.1) is 0 Å². The van der Waals surface area contributed by atoms with Crippen LogP contribution >= 0.6 is 0 Å². The van der Waals surface area contributed by atoms with Gasteiger partial charge in [0.25, 0.3) is 11.8 Å². The molecular weight excluding hydrogens is 400 g/mol. The van der Waals surface area contributed by atoms with E-state index >= 15 is 0 Å². The predicted octanol–water partition coefficient (Wildman–Crippen LogP) is 3.54. The second kappa shape index (κ2) is 8.27. The summed E-state index contributed by atoms with van der Waals surface area (Å²) in [6.07, 6.45) is 3.27. The minimum absolute atomic E-state index is 0.0269. The quantitative estimate of drug-likeness (QED) is 0.647. The van der Waals surface area contributed by atoms with Gasteiger partial charge in [-0.05, 0) is 35.9 Å². The van der Waals surface area contributed by atoms with Gasteiger partial charge in [-0.25, -0.2) is 0 Å². The van der Waals surface area contributed by atoms with E-state index in [-0.39, 0.29) is 29.7 Å². The summed E-state index contributed by atoms with van der Waals surface area (Å²) in [4.78, 5) is 34.4. The van der Waals surface area contributed by atoms with Gasteiger partial charge in [0.15, 0.2) is 0 Å². The number of fused-ring (bicyclic) bond motifs is 1. The van der Waals surface area contributed by atoms with Crippen molar-refractivity contribution in [1.82, 2.24) is 14.8 Å². The van der Waals surface area contributed by atoms with Crippen LogP contribution in [-0.2, 0) is 0 Å². The molecule has 0 saturated carbocycles. The van der Waals surface area contributed by atoms with Gasteiger partial charge in [-0.3, -0.25) is 14.6 Å². The van der Waals surface area contributed by atoms with Crippen molar-refractivity contribution < 1.29 is 9.59 Å². The molecule has 0 bridgehead atoms. The SMILES string of the molecule is N#Cc1cccc(C(=O)N2C[C@H]3CN(C(=O)c4cccnc4)[C@H](c4ccccc4)[C@H]3C2)c1. The third kappa shape index (κ3) is 3.52. The lowest BCUT2D eigenvalue weighted by Crippen LogP contribution is -2.37. The molecular formula is C26H22N4O2. The molecule has 6 nitrogen and oxygen atoms in total. The Bertz CT molecular complexity index is 1190. The first-order chi connectivity index (χ1) is 15.7. The molecule has 32 heavy (non-hydrogen) atoms. The lowest BCUT2D eigenvalue weighted by atomic mass is 9.89. The molecule has 2 amide bonds. The third-order valence-electron chi connectivity index (χ3n) is 6.50. The molecule has 0 radical (unpaired) electrons. The molecule has 2 aliphatic rings. The summed E-state index contributed by atoms with van der Waals surface area (Å²) in [5.41, 5.74) is 2.67. The maximum absolute atomic E-state index is 13.3. The second-order valence-electron chi connectivity index (χ2n) is 8.38. The number of nitriles is 1. The molecule has 3 heterocycles. The number of benzene rings is 2. The third-order valence-corrected chi connectivity index (χ3v) is 6.50. The normalized spacial score (nSPS) is 21.8. The fourth-order valence-corrected chi connectivity index (χ4v) is 5.06. The van der Waals surface area contributed by atoms with E-state index in [1.807, 2.05) is 28.0 Å². The van der Waals surface area contributed by atoms with Gasteiger partial charge < -0.3 is 9.80 Å². The van der Waals surface area contributed by atoms with Crippen LogP contribution in [0.5, 0.6) is 0 Å². The van der Waals surface area contributed by atoms with Crippen LogP contribution in [0.4, 0.5) is 0 Å². The van der Waals surface area contributed by atoms with E-state index in [0.29, 0.717) is 36.3 Å². The molecule has 2 fully saturated rings. The minimum Gasteiger partial charge on any atom is -0.338 e. The van der Waals surface area contributed by atoms with Crippen LogP contribution < -0.4 is 0 Å². The minimum atomic E-state index is -0.0999. The van der Waals surface area contributed by atoms with Crippen molar-refractivity contribution in [2.45, 2.75) is 6.04 Å². The van der Waals surface area contributed by atoms with Crippen LogP contribution in [0.1, 0.15) is 37.9 Å². The summed E-state index contributed by atoms with van der Waals surface area (Å²) < 4.78 is 0.